The molecule has 2 fully saturated rings. The minimum absolute atomic E-state index is 0.710. The lowest BCUT2D eigenvalue weighted by molar-refractivity contribution is 0.307. The van der Waals surface area contributed by atoms with Crippen molar-refractivity contribution in [3.63, 3.8) is 0 Å². The standard InChI is InChI=1S/C22H44N2/c1-2-6-10-14-18-21(17-13-9-5-1)23-24-22-19-15-11-7-3-4-8-12-16-20-22/h21-24H,1-20H2. The molecule has 2 heteroatoms. The van der Waals surface area contributed by atoms with E-state index < -0.39 is 0 Å². The molecule has 2 rings (SSSR count). The van der Waals surface area contributed by atoms with Crippen molar-refractivity contribution in [1.82, 2.24) is 10.9 Å². The maximum Gasteiger partial charge on any atom is 0.0213 e. The molecule has 0 amide bonds. The zero-order chi connectivity index (χ0) is 16.7. The maximum absolute atomic E-state index is 3.78. The molecule has 0 bridgehead atoms. The molecule has 2 saturated carbocycles. The molecule has 2 N–H and O–H groups in total. The quantitative estimate of drug-likeness (QED) is 0.564. The molecule has 0 unspecified atom stereocenters. The van der Waals surface area contributed by atoms with Gasteiger partial charge >= 0.3 is 0 Å². The van der Waals surface area contributed by atoms with Crippen molar-refractivity contribution in [3.05, 3.63) is 0 Å². The fourth-order valence-electron chi connectivity index (χ4n) is 4.50. The van der Waals surface area contributed by atoms with E-state index >= 15 is 0 Å². The third kappa shape index (κ3) is 10.0. The highest BCUT2D eigenvalue weighted by Gasteiger charge is 2.13. The molecule has 2 aliphatic rings. The van der Waals surface area contributed by atoms with E-state index in [-0.39, 0.29) is 0 Å². The fourth-order valence-corrected chi connectivity index (χ4v) is 4.50. The summed E-state index contributed by atoms with van der Waals surface area (Å²) in [5.74, 6) is 0. The Morgan fingerprint density at radius 3 is 0.750 bits per heavy atom. The molecule has 0 aliphatic heterocycles. The van der Waals surface area contributed by atoms with Gasteiger partial charge in [0, 0.05) is 12.1 Å². The summed E-state index contributed by atoms with van der Waals surface area (Å²) in [5, 5.41) is 0. The van der Waals surface area contributed by atoms with Gasteiger partial charge in [0.2, 0.25) is 0 Å². The van der Waals surface area contributed by atoms with Crippen molar-refractivity contribution in [2.75, 3.05) is 0 Å². The molecule has 142 valence electrons. The van der Waals surface area contributed by atoms with Crippen LogP contribution in [0.3, 0.4) is 0 Å². The second kappa shape index (κ2) is 14.1. The predicted octanol–water partition coefficient (Wildman–Crippen LogP) is 6.65. The number of rotatable bonds is 3. The van der Waals surface area contributed by atoms with Crippen molar-refractivity contribution >= 4 is 0 Å². The van der Waals surface area contributed by atoms with Gasteiger partial charge in [0.25, 0.3) is 0 Å². The second-order valence-electron chi connectivity index (χ2n) is 8.49. The smallest absolute Gasteiger partial charge is 0.0213 e. The first kappa shape index (κ1) is 20.2. The molecular formula is C22H44N2. The van der Waals surface area contributed by atoms with Gasteiger partial charge in [0.1, 0.15) is 0 Å². The van der Waals surface area contributed by atoms with Gasteiger partial charge in [-0.15, -0.1) is 0 Å². The van der Waals surface area contributed by atoms with Crippen LogP contribution in [0.25, 0.3) is 0 Å². The molecule has 0 spiro atoms. The van der Waals surface area contributed by atoms with Crippen LogP contribution < -0.4 is 10.9 Å². The van der Waals surface area contributed by atoms with Gasteiger partial charge in [-0.25, -0.2) is 0 Å². The molecule has 0 aromatic rings. The van der Waals surface area contributed by atoms with Crippen molar-refractivity contribution < 1.29 is 0 Å². The Morgan fingerprint density at radius 1 is 0.292 bits per heavy atom. The van der Waals surface area contributed by atoms with E-state index in [2.05, 4.69) is 10.9 Å². The normalized spacial score (nSPS) is 25.5. The van der Waals surface area contributed by atoms with E-state index in [9.17, 15) is 0 Å². The lowest BCUT2D eigenvalue weighted by Crippen LogP contribution is -2.46. The van der Waals surface area contributed by atoms with Crippen LogP contribution in [0.2, 0.25) is 0 Å². The first-order valence-electron chi connectivity index (χ1n) is 11.5. The summed E-state index contributed by atoms with van der Waals surface area (Å²) in [6, 6.07) is 1.42. The van der Waals surface area contributed by atoms with E-state index in [4.69, 9.17) is 0 Å². The monoisotopic (exact) mass is 336 g/mol. The zero-order valence-corrected chi connectivity index (χ0v) is 16.3. The fraction of sp³-hybridized carbons (Fsp3) is 1.00. The van der Waals surface area contributed by atoms with Crippen molar-refractivity contribution in [1.29, 1.82) is 0 Å². The van der Waals surface area contributed by atoms with Crippen LogP contribution in [-0.2, 0) is 0 Å². The SMILES string of the molecule is C1CCCCCC(NNC2CCCCCCCCCC2)CCCC1. The second-order valence-corrected chi connectivity index (χ2v) is 8.49. The maximum atomic E-state index is 3.78. The molecule has 0 saturated heterocycles. The summed E-state index contributed by atoms with van der Waals surface area (Å²) in [4.78, 5) is 0. The van der Waals surface area contributed by atoms with Crippen LogP contribution in [0, 0.1) is 0 Å². The van der Waals surface area contributed by atoms with E-state index in [0.717, 1.165) is 0 Å². The van der Waals surface area contributed by atoms with Gasteiger partial charge in [0.05, 0.1) is 0 Å². The van der Waals surface area contributed by atoms with Crippen LogP contribution in [0.5, 0.6) is 0 Å². The van der Waals surface area contributed by atoms with E-state index in [1.807, 2.05) is 0 Å². The highest BCUT2D eigenvalue weighted by atomic mass is 15.4. The van der Waals surface area contributed by atoms with Crippen LogP contribution in [0.4, 0.5) is 0 Å². The molecule has 0 heterocycles. The van der Waals surface area contributed by atoms with Crippen molar-refractivity contribution in [2.45, 2.75) is 141 Å². The topological polar surface area (TPSA) is 24.1 Å². The minimum Gasteiger partial charge on any atom is -0.255 e. The lowest BCUT2D eigenvalue weighted by Gasteiger charge is -2.25. The predicted molar refractivity (Wildman–Crippen MR) is 106 cm³/mol. The van der Waals surface area contributed by atoms with Crippen LogP contribution in [-0.4, -0.2) is 12.1 Å². The summed E-state index contributed by atoms with van der Waals surface area (Å²) in [7, 11) is 0. The number of nitrogens with one attached hydrogen (secondary N) is 2. The summed E-state index contributed by atoms with van der Waals surface area (Å²) < 4.78 is 0. The molecule has 0 aromatic heterocycles. The highest BCUT2D eigenvalue weighted by molar-refractivity contribution is 4.71. The minimum atomic E-state index is 0.710. The summed E-state index contributed by atoms with van der Waals surface area (Å²) in [6.45, 7) is 0. The molecule has 2 aliphatic carbocycles. The van der Waals surface area contributed by atoms with E-state index in [1.165, 1.54) is 128 Å². The average molecular weight is 337 g/mol. The third-order valence-electron chi connectivity index (χ3n) is 6.20. The first-order valence-corrected chi connectivity index (χ1v) is 11.5. The van der Waals surface area contributed by atoms with E-state index in [1.54, 1.807) is 0 Å². The van der Waals surface area contributed by atoms with Gasteiger partial charge in [-0.1, -0.05) is 103 Å². The van der Waals surface area contributed by atoms with Crippen LogP contribution in [0.15, 0.2) is 0 Å². The van der Waals surface area contributed by atoms with Crippen molar-refractivity contribution in [2.24, 2.45) is 0 Å². The third-order valence-corrected chi connectivity index (χ3v) is 6.20. The highest BCUT2D eigenvalue weighted by Crippen LogP contribution is 2.18. The van der Waals surface area contributed by atoms with Crippen LogP contribution >= 0.6 is 0 Å². The van der Waals surface area contributed by atoms with Gasteiger partial charge in [0.15, 0.2) is 0 Å². The Labute approximate surface area is 151 Å². The van der Waals surface area contributed by atoms with Gasteiger partial charge in [-0.05, 0) is 25.7 Å². The largest absolute Gasteiger partial charge is 0.255 e. The Morgan fingerprint density at radius 2 is 0.500 bits per heavy atom. The average Bonchev–Trinajstić information content (AvgIpc) is 2.70. The lowest BCUT2D eigenvalue weighted by atomic mass is 10.0. The molecule has 24 heavy (non-hydrogen) atoms. The molecular weight excluding hydrogens is 292 g/mol. The Kier molecular flexibility index (Phi) is 11.9. The number of hydrogen-bond donors (Lipinski definition) is 2. The first-order chi connectivity index (χ1) is 11.9. The van der Waals surface area contributed by atoms with Crippen LogP contribution in [0.1, 0.15) is 128 Å². The molecule has 0 aromatic carbocycles. The molecule has 0 radical (unpaired) electrons. The number of hydrazine groups is 1. The summed E-state index contributed by atoms with van der Waals surface area (Å²) in [6.07, 6.45) is 28.7. The van der Waals surface area contributed by atoms with Gasteiger partial charge in [-0.3, -0.25) is 10.9 Å². The Balaban J connectivity index is 1.69. The molecule has 0 atom stereocenters. The zero-order valence-electron chi connectivity index (χ0n) is 16.3. The Hall–Kier alpha value is -0.0800. The van der Waals surface area contributed by atoms with Gasteiger partial charge < -0.3 is 0 Å². The van der Waals surface area contributed by atoms with E-state index in [0.29, 0.717) is 12.1 Å². The summed E-state index contributed by atoms with van der Waals surface area (Å²) in [5.41, 5.74) is 7.56. The Bertz CT molecular complexity index is 227. The van der Waals surface area contributed by atoms with Crippen molar-refractivity contribution in [3.8, 4) is 0 Å². The molecule has 2 nitrogen and oxygen atoms in total. The van der Waals surface area contributed by atoms with Gasteiger partial charge in [-0.2, -0.15) is 0 Å². The summed E-state index contributed by atoms with van der Waals surface area (Å²) >= 11 is 0. The number of hydrogen-bond acceptors (Lipinski definition) is 2.